The predicted octanol–water partition coefficient (Wildman–Crippen LogP) is 5.22. The smallest absolute Gasteiger partial charge is 0.289 e. The van der Waals surface area contributed by atoms with Crippen LogP contribution in [0, 0.1) is 0 Å². The van der Waals surface area contributed by atoms with E-state index >= 15 is 0 Å². The summed E-state index contributed by atoms with van der Waals surface area (Å²) in [7, 11) is 0. The lowest BCUT2D eigenvalue weighted by Gasteiger charge is -2.34. The maximum absolute atomic E-state index is 12.2. The summed E-state index contributed by atoms with van der Waals surface area (Å²) in [5.74, 6) is 0.517. The van der Waals surface area contributed by atoms with E-state index in [1.807, 2.05) is 18.2 Å². The van der Waals surface area contributed by atoms with Gasteiger partial charge in [-0.15, -0.1) is 0 Å². The molecule has 36 heavy (non-hydrogen) atoms. The highest BCUT2D eigenvalue weighted by Gasteiger charge is 2.31. The fourth-order valence-electron chi connectivity index (χ4n) is 5.17. The predicted molar refractivity (Wildman–Crippen MR) is 136 cm³/mol. The second kappa shape index (κ2) is 9.73. The number of aromatic nitrogens is 2. The zero-order valence-corrected chi connectivity index (χ0v) is 20.5. The number of fused-ring (bicyclic) bond motifs is 1. The fourth-order valence-corrected chi connectivity index (χ4v) is 5.46. The molecule has 2 fully saturated rings. The number of halogens is 1. The maximum atomic E-state index is 12.2. The van der Waals surface area contributed by atoms with Crippen LogP contribution in [0.5, 0.6) is 0 Å². The Morgan fingerprint density at radius 1 is 1.14 bits per heavy atom. The number of nitrogens with one attached hydrogen (secondary N) is 1. The van der Waals surface area contributed by atoms with Gasteiger partial charge in [0.15, 0.2) is 0 Å². The van der Waals surface area contributed by atoms with Crippen molar-refractivity contribution in [2.45, 2.75) is 56.5 Å². The Morgan fingerprint density at radius 3 is 2.72 bits per heavy atom. The van der Waals surface area contributed by atoms with Gasteiger partial charge in [-0.05, 0) is 54.0 Å². The Labute approximate surface area is 214 Å². The Balaban J connectivity index is 1.23. The van der Waals surface area contributed by atoms with E-state index in [0.717, 1.165) is 28.8 Å². The average Bonchev–Trinajstić information content (AvgIpc) is 3.44. The van der Waals surface area contributed by atoms with E-state index in [9.17, 15) is 9.90 Å². The van der Waals surface area contributed by atoms with Crippen LogP contribution in [0.2, 0.25) is 5.02 Å². The Hall–Kier alpha value is -3.13. The van der Waals surface area contributed by atoms with E-state index in [2.05, 4.69) is 45.5 Å². The molecule has 186 valence electrons. The molecule has 6 rings (SSSR count). The van der Waals surface area contributed by atoms with E-state index in [4.69, 9.17) is 20.9 Å². The van der Waals surface area contributed by atoms with Crippen LogP contribution in [0.4, 0.5) is 0 Å². The van der Waals surface area contributed by atoms with Crippen molar-refractivity contribution in [1.82, 2.24) is 15.0 Å². The molecule has 0 unspecified atom stereocenters. The van der Waals surface area contributed by atoms with Gasteiger partial charge in [0, 0.05) is 37.0 Å². The van der Waals surface area contributed by atoms with Gasteiger partial charge < -0.3 is 24.3 Å². The fraction of sp³-hybridized carbons (Fsp3) is 0.357. The number of hydrogen-bond acceptors (Lipinski definition) is 5. The van der Waals surface area contributed by atoms with Crippen LogP contribution >= 0.6 is 11.6 Å². The highest BCUT2D eigenvalue weighted by Crippen LogP contribution is 2.40. The zero-order chi connectivity index (χ0) is 24.6. The van der Waals surface area contributed by atoms with E-state index in [0.29, 0.717) is 17.9 Å². The van der Waals surface area contributed by atoms with Gasteiger partial charge in [0.2, 0.25) is 5.76 Å². The zero-order valence-electron chi connectivity index (χ0n) is 19.8. The molecule has 1 aliphatic carbocycles. The number of ether oxygens (including phenoxy) is 1. The van der Waals surface area contributed by atoms with Gasteiger partial charge in [-0.1, -0.05) is 47.1 Å². The molecule has 2 aromatic carbocycles. The van der Waals surface area contributed by atoms with E-state index in [1.165, 1.54) is 36.2 Å². The van der Waals surface area contributed by atoms with Crippen molar-refractivity contribution in [3.63, 3.8) is 0 Å². The molecule has 3 atom stereocenters. The summed E-state index contributed by atoms with van der Waals surface area (Å²) in [4.78, 5) is 12.2. The largest absolute Gasteiger partial charge is 0.393 e. The number of amides is 1. The number of benzene rings is 2. The molecule has 1 saturated carbocycles. The molecular formula is C28H28ClN3O4. The summed E-state index contributed by atoms with van der Waals surface area (Å²) in [6, 6.07) is 16.3. The second-order valence-electron chi connectivity index (χ2n) is 9.81. The number of hydrogen-bond donors (Lipinski definition) is 2. The van der Waals surface area contributed by atoms with Gasteiger partial charge in [-0.2, -0.15) is 0 Å². The molecule has 0 spiro atoms. The van der Waals surface area contributed by atoms with Crippen molar-refractivity contribution in [2.24, 2.45) is 0 Å². The first-order chi connectivity index (χ1) is 17.5. The molecule has 0 bridgehead atoms. The molecule has 7 nitrogen and oxygen atoms in total. The third kappa shape index (κ3) is 4.78. The van der Waals surface area contributed by atoms with Crippen LogP contribution in [0.3, 0.4) is 0 Å². The SMILES string of the molecule is O=C(NC[C@@H]1C[C@H](O)C[C@H](n2cc(Cc3ccc(C4CC4)cc3)c3c(Cl)cccc32)O1)c1ccno1. The summed E-state index contributed by atoms with van der Waals surface area (Å²) in [6.45, 7) is 0.257. The summed E-state index contributed by atoms with van der Waals surface area (Å²) >= 11 is 6.68. The van der Waals surface area contributed by atoms with Gasteiger partial charge >= 0.3 is 0 Å². The van der Waals surface area contributed by atoms with Crippen LogP contribution in [-0.4, -0.2) is 39.5 Å². The Kier molecular flexibility index (Phi) is 6.29. The molecule has 2 aromatic heterocycles. The molecule has 8 heteroatoms. The molecule has 4 aromatic rings. The molecule has 3 heterocycles. The van der Waals surface area contributed by atoms with Gasteiger partial charge in [-0.25, -0.2) is 0 Å². The lowest BCUT2D eigenvalue weighted by Crippen LogP contribution is -2.41. The van der Waals surface area contributed by atoms with Crippen LogP contribution in [0.25, 0.3) is 10.9 Å². The number of carbonyl (C=O) groups is 1. The van der Waals surface area contributed by atoms with Gasteiger partial charge in [0.05, 0.1) is 28.9 Å². The molecule has 2 aliphatic rings. The monoisotopic (exact) mass is 505 g/mol. The van der Waals surface area contributed by atoms with E-state index in [1.54, 1.807) is 0 Å². The molecule has 1 aliphatic heterocycles. The molecule has 1 amide bonds. The van der Waals surface area contributed by atoms with Crippen LogP contribution in [0.15, 0.2) is 65.4 Å². The summed E-state index contributed by atoms with van der Waals surface area (Å²) < 4.78 is 13.4. The third-order valence-corrected chi connectivity index (χ3v) is 7.44. The summed E-state index contributed by atoms with van der Waals surface area (Å²) in [6.07, 6.45) is 6.47. The van der Waals surface area contributed by atoms with Gasteiger partial charge in [0.25, 0.3) is 5.91 Å². The number of carbonyl (C=O) groups excluding carboxylic acids is 1. The summed E-state index contributed by atoms with van der Waals surface area (Å²) in [5, 5.41) is 18.7. The standard InChI is InChI=1S/C28H28ClN3O4/c29-23-2-1-3-24-27(23)20(12-17-4-6-18(7-5-17)19-8-9-19)16-32(24)26-14-21(33)13-22(35-26)15-30-28(34)25-10-11-31-36-25/h1-7,10-11,16,19,21-22,26,33H,8-9,12-15H2,(H,30,34)/t21-,22-,26+/m0/s1. The minimum absolute atomic E-state index is 0.142. The van der Waals surface area contributed by atoms with Crippen molar-refractivity contribution >= 4 is 28.4 Å². The number of nitrogens with zero attached hydrogens (tertiary/aromatic N) is 2. The quantitative estimate of drug-likeness (QED) is 0.359. The molecular weight excluding hydrogens is 478 g/mol. The first kappa shape index (κ1) is 23.3. The van der Waals surface area contributed by atoms with Crippen molar-refractivity contribution in [2.75, 3.05) is 6.54 Å². The van der Waals surface area contributed by atoms with Gasteiger partial charge in [0.1, 0.15) is 6.23 Å². The first-order valence-electron chi connectivity index (χ1n) is 12.4. The topological polar surface area (TPSA) is 89.5 Å². The van der Waals surface area contributed by atoms with Crippen molar-refractivity contribution in [1.29, 1.82) is 0 Å². The van der Waals surface area contributed by atoms with Crippen molar-refractivity contribution < 1.29 is 19.2 Å². The summed E-state index contributed by atoms with van der Waals surface area (Å²) in [5.41, 5.74) is 4.74. The lowest BCUT2D eigenvalue weighted by atomic mass is 10.0. The van der Waals surface area contributed by atoms with Crippen molar-refractivity contribution in [3.05, 3.63) is 88.4 Å². The van der Waals surface area contributed by atoms with E-state index in [-0.39, 0.29) is 30.5 Å². The number of aliphatic hydroxyl groups is 1. The Morgan fingerprint density at radius 2 is 1.97 bits per heavy atom. The lowest BCUT2D eigenvalue weighted by molar-refractivity contribution is -0.124. The average molecular weight is 506 g/mol. The van der Waals surface area contributed by atoms with Gasteiger partial charge in [-0.3, -0.25) is 4.79 Å². The molecule has 1 saturated heterocycles. The molecule has 2 N–H and O–H groups in total. The highest BCUT2D eigenvalue weighted by atomic mass is 35.5. The van der Waals surface area contributed by atoms with E-state index < -0.39 is 6.10 Å². The maximum Gasteiger partial charge on any atom is 0.289 e. The van der Waals surface area contributed by atoms with Crippen LogP contribution in [0.1, 0.15) is 65.1 Å². The van der Waals surface area contributed by atoms with Crippen molar-refractivity contribution in [3.8, 4) is 0 Å². The Bertz CT molecular complexity index is 1360. The van der Waals surface area contributed by atoms with Crippen LogP contribution < -0.4 is 5.32 Å². The molecule has 0 radical (unpaired) electrons. The third-order valence-electron chi connectivity index (χ3n) is 7.13. The number of rotatable bonds is 7. The minimum Gasteiger partial charge on any atom is -0.393 e. The minimum atomic E-state index is -0.550. The first-order valence-corrected chi connectivity index (χ1v) is 12.8. The highest BCUT2D eigenvalue weighted by molar-refractivity contribution is 6.35. The normalized spacial score (nSPS) is 22.1. The van der Waals surface area contributed by atoms with Crippen LogP contribution in [-0.2, 0) is 11.2 Å². The second-order valence-corrected chi connectivity index (χ2v) is 10.2. The number of aliphatic hydroxyl groups excluding tert-OH is 1.